The maximum atomic E-state index is 12.1. The highest BCUT2D eigenvalue weighted by molar-refractivity contribution is 5.70. The molecule has 0 aromatic rings. The summed E-state index contributed by atoms with van der Waals surface area (Å²) in [5, 5.41) is 9.55. The second kappa shape index (κ2) is 40.8. The van der Waals surface area contributed by atoms with Crippen molar-refractivity contribution in [1.29, 1.82) is 0 Å². The van der Waals surface area contributed by atoms with Crippen molar-refractivity contribution < 1.29 is 24.2 Å². The molecule has 0 saturated carbocycles. The molecule has 5 nitrogen and oxygen atoms in total. The van der Waals surface area contributed by atoms with E-state index in [1.165, 1.54) is 103 Å². The first-order valence-corrected chi connectivity index (χ1v) is 20.5. The van der Waals surface area contributed by atoms with E-state index in [0.29, 0.717) is 12.8 Å². The smallest absolute Gasteiger partial charge is 0.306 e. The van der Waals surface area contributed by atoms with Gasteiger partial charge in [0.25, 0.3) is 0 Å². The van der Waals surface area contributed by atoms with E-state index in [9.17, 15) is 14.7 Å². The van der Waals surface area contributed by atoms with Gasteiger partial charge in [-0.05, 0) is 77.0 Å². The number of hydrogen-bond donors (Lipinski definition) is 1. The van der Waals surface area contributed by atoms with E-state index in [-0.39, 0.29) is 25.6 Å². The molecule has 0 radical (unpaired) electrons. The lowest BCUT2D eigenvalue weighted by Crippen LogP contribution is -2.28. The van der Waals surface area contributed by atoms with E-state index >= 15 is 0 Å². The number of carbonyl (C=O) groups is 2. The Bertz CT molecular complexity index is 926. The first-order valence-electron chi connectivity index (χ1n) is 20.5. The van der Waals surface area contributed by atoms with Gasteiger partial charge in [0.1, 0.15) is 6.61 Å². The van der Waals surface area contributed by atoms with Crippen LogP contribution >= 0.6 is 0 Å². The highest BCUT2D eigenvalue weighted by Gasteiger charge is 2.15. The van der Waals surface area contributed by atoms with E-state index in [1.807, 2.05) is 12.2 Å². The van der Waals surface area contributed by atoms with Gasteiger partial charge >= 0.3 is 11.9 Å². The number of allylic oxidation sites excluding steroid dienone is 12. The summed E-state index contributed by atoms with van der Waals surface area (Å²) in [5.74, 6) is -0.696. The molecular weight excluding hydrogens is 620 g/mol. The molecule has 0 spiro atoms. The third-order valence-electron chi connectivity index (χ3n) is 8.49. The monoisotopic (exact) mass is 697 g/mol. The lowest BCUT2D eigenvalue weighted by molar-refractivity contribution is -0.161. The molecule has 1 N–H and O–H groups in total. The van der Waals surface area contributed by atoms with Gasteiger partial charge in [-0.3, -0.25) is 9.59 Å². The Morgan fingerprint density at radius 1 is 0.460 bits per heavy atom. The van der Waals surface area contributed by atoms with E-state index in [4.69, 9.17) is 9.47 Å². The molecule has 286 valence electrons. The molecule has 0 aromatic carbocycles. The van der Waals surface area contributed by atoms with Crippen molar-refractivity contribution in [1.82, 2.24) is 0 Å². The summed E-state index contributed by atoms with van der Waals surface area (Å²) in [4.78, 5) is 24.2. The van der Waals surface area contributed by atoms with E-state index in [1.54, 1.807) is 0 Å². The minimum absolute atomic E-state index is 0.101. The van der Waals surface area contributed by atoms with Crippen LogP contribution in [0.5, 0.6) is 0 Å². The molecule has 0 aliphatic rings. The molecule has 0 aromatic heterocycles. The van der Waals surface area contributed by atoms with Gasteiger partial charge in [-0.1, -0.05) is 164 Å². The molecule has 0 unspecified atom stereocenters. The molecule has 0 amide bonds. The largest absolute Gasteiger partial charge is 0.462 e. The van der Waals surface area contributed by atoms with Gasteiger partial charge in [0, 0.05) is 12.8 Å². The zero-order valence-corrected chi connectivity index (χ0v) is 32.4. The lowest BCUT2D eigenvalue weighted by Gasteiger charge is -2.15. The Hall–Kier alpha value is -2.66. The molecule has 0 saturated heterocycles. The summed E-state index contributed by atoms with van der Waals surface area (Å²) in [6, 6.07) is 0. The average Bonchev–Trinajstić information content (AvgIpc) is 3.12. The topological polar surface area (TPSA) is 72.8 Å². The Labute approximate surface area is 308 Å². The highest BCUT2D eigenvalue weighted by atomic mass is 16.6. The molecule has 0 aliphatic carbocycles. The fraction of sp³-hybridized carbons (Fsp3) is 0.689. The van der Waals surface area contributed by atoms with Crippen molar-refractivity contribution >= 4 is 11.9 Å². The summed E-state index contributed by atoms with van der Waals surface area (Å²) in [5.41, 5.74) is 0. The third-order valence-corrected chi connectivity index (χ3v) is 8.49. The number of hydrogen-bond acceptors (Lipinski definition) is 5. The Kier molecular flexibility index (Phi) is 38.6. The minimum Gasteiger partial charge on any atom is -0.462 e. The average molecular weight is 697 g/mol. The van der Waals surface area contributed by atoms with Crippen LogP contribution in [0.1, 0.15) is 181 Å². The van der Waals surface area contributed by atoms with Gasteiger partial charge in [0.15, 0.2) is 6.10 Å². The maximum absolute atomic E-state index is 12.1. The van der Waals surface area contributed by atoms with E-state index < -0.39 is 12.1 Å². The first kappa shape index (κ1) is 47.3. The summed E-state index contributed by atoms with van der Waals surface area (Å²) < 4.78 is 10.5. The van der Waals surface area contributed by atoms with Crippen molar-refractivity contribution in [2.75, 3.05) is 13.2 Å². The second-order valence-corrected chi connectivity index (χ2v) is 13.4. The van der Waals surface area contributed by atoms with Crippen LogP contribution in [0.3, 0.4) is 0 Å². The third kappa shape index (κ3) is 38.1. The van der Waals surface area contributed by atoms with Crippen LogP contribution in [0, 0.1) is 0 Å². The molecule has 1 atom stereocenters. The van der Waals surface area contributed by atoms with Crippen LogP contribution in [-0.4, -0.2) is 36.4 Å². The standard InChI is InChI=1S/C45H76O5/c1-3-5-7-9-11-13-15-17-19-21-22-24-26-28-30-32-34-36-38-40-45(48)50-43(41-46)42-49-44(47)39-37-35-33-31-29-27-25-23-20-18-16-14-12-10-8-6-4-2/h11,13,17-20,22,24,28,30,34,36,43,46H,3-10,12,14-16,21,23,25-27,29,31-33,35,37-42H2,1-2H3/t43-/m0/s1. The number of carbonyl (C=O) groups excluding carboxylic acids is 2. The van der Waals surface area contributed by atoms with Crippen molar-refractivity contribution in [3.63, 3.8) is 0 Å². The quantitative estimate of drug-likeness (QED) is 0.0401. The summed E-state index contributed by atoms with van der Waals surface area (Å²) in [7, 11) is 0. The zero-order valence-electron chi connectivity index (χ0n) is 32.4. The van der Waals surface area contributed by atoms with Crippen molar-refractivity contribution in [2.24, 2.45) is 0 Å². The molecule has 0 aliphatic heterocycles. The maximum Gasteiger partial charge on any atom is 0.306 e. The second-order valence-electron chi connectivity index (χ2n) is 13.4. The fourth-order valence-corrected chi connectivity index (χ4v) is 5.35. The molecule has 0 fully saturated rings. The fourth-order valence-electron chi connectivity index (χ4n) is 5.35. The number of aliphatic hydroxyl groups excluding tert-OH is 1. The van der Waals surface area contributed by atoms with Crippen LogP contribution in [0.2, 0.25) is 0 Å². The van der Waals surface area contributed by atoms with Gasteiger partial charge in [-0.25, -0.2) is 0 Å². The summed E-state index contributed by atoms with van der Waals surface area (Å²) in [6.45, 7) is 4.03. The van der Waals surface area contributed by atoms with Gasteiger partial charge in [-0.15, -0.1) is 0 Å². The Balaban J connectivity index is 3.70. The first-order chi connectivity index (χ1) is 24.6. The van der Waals surface area contributed by atoms with E-state index in [2.05, 4.69) is 74.6 Å². The predicted molar refractivity (Wildman–Crippen MR) is 214 cm³/mol. The van der Waals surface area contributed by atoms with Gasteiger partial charge in [0.05, 0.1) is 6.61 Å². The van der Waals surface area contributed by atoms with Crippen LogP contribution < -0.4 is 0 Å². The highest BCUT2D eigenvalue weighted by Crippen LogP contribution is 2.12. The number of aliphatic hydroxyl groups is 1. The minimum atomic E-state index is -0.815. The van der Waals surface area contributed by atoms with Crippen LogP contribution in [0.25, 0.3) is 0 Å². The van der Waals surface area contributed by atoms with Gasteiger partial charge in [0.2, 0.25) is 0 Å². The number of ether oxygens (including phenoxy) is 2. The molecular formula is C45H76O5. The molecule has 5 heteroatoms. The summed E-state index contributed by atoms with van der Waals surface area (Å²) in [6.07, 6.45) is 54.0. The Morgan fingerprint density at radius 3 is 1.34 bits per heavy atom. The van der Waals surface area contributed by atoms with Crippen molar-refractivity contribution in [3.8, 4) is 0 Å². The van der Waals surface area contributed by atoms with Crippen molar-refractivity contribution in [2.45, 2.75) is 187 Å². The number of rotatable bonds is 36. The summed E-state index contributed by atoms with van der Waals surface area (Å²) >= 11 is 0. The Morgan fingerprint density at radius 2 is 0.840 bits per heavy atom. The SMILES string of the molecule is CCCCCC=CCC=CCC=CCC=CCC=CCCC(=O)O[C@@H](CO)COC(=O)CCCCCCCCCC=CCCCCCCCC. The molecule has 50 heavy (non-hydrogen) atoms. The van der Waals surface area contributed by atoms with Crippen LogP contribution in [0.4, 0.5) is 0 Å². The number of esters is 2. The molecule has 0 heterocycles. The normalized spacial score (nSPS) is 12.9. The van der Waals surface area contributed by atoms with Crippen LogP contribution in [0.15, 0.2) is 72.9 Å². The van der Waals surface area contributed by atoms with Gasteiger partial charge in [-0.2, -0.15) is 0 Å². The predicted octanol–water partition coefficient (Wildman–Crippen LogP) is 13.0. The number of unbranched alkanes of at least 4 members (excludes halogenated alkanes) is 16. The molecule has 0 rings (SSSR count). The van der Waals surface area contributed by atoms with Crippen LogP contribution in [-0.2, 0) is 19.1 Å². The van der Waals surface area contributed by atoms with Gasteiger partial charge < -0.3 is 14.6 Å². The zero-order chi connectivity index (χ0) is 36.4. The molecule has 0 bridgehead atoms. The van der Waals surface area contributed by atoms with Crippen molar-refractivity contribution in [3.05, 3.63) is 72.9 Å². The van der Waals surface area contributed by atoms with E-state index in [0.717, 1.165) is 44.9 Å². The lowest BCUT2D eigenvalue weighted by atomic mass is 10.1.